The summed E-state index contributed by atoms with van der Waals surface area (Å²) in [6.07, 6.45) is 0.147. The molecule has 1 aliphatic heterocycles. The molecule has 2 amide bonds. The van der Waals surface area contributed by atoms with Gasteiger partial charge in [-0.25, -0.2) is 4.39 Å². The summed E-state index contributed by atoms with van der Waals surface area (Å²) in [6.45, 7) is 0.300. The van der Waals surface area contributed by atoms with Gasteiger partial charge in [0.2, 0.25) is 5.91 Å². The molecule has 1 heterocycles. The molecule has 2 aromatic rings. The first-order valence-corrected chi connectivity index (χ1v) is 8.11. The standard InChI is InChI=1S/C19H19FN2O4/c1-25-16-8-7-13(10-17(16)26-2)22-11-12(9-18(22)23)21-19(24)14-5-3-4-6-15(14)20/h3-8,10,12H,9,11H2,1-2H3,(H,21,24). The number of rotatable bonds is 5. The second-order valence-corrected chi connectivity index (χ2v) is 5.90. The smallest absolute Gasteiger partial charge is 0.254 e. The molecule has 0 spiro atoms. The van der Waals surface area contributed by atoms with Crippen LogP contribution in [-0.4, -0.2) is 38.6 Å². The van der Waals surface area contributed by atoms with Crippen LogP contribution in [-0.2, 0) is 4.79 Å². The number of hydrogen-bond acceptors (Lipinski definition) is 4. The summed E-state index contributed by atoms with van der Waals surface area (Å²) in [7, 11) is 3.05. The first kappa shape index (κ1) is 17.7. The van der Waals surface area contributed by atoms with Gasteiger partial charge in [0.25, 0.3) is 5.91 Å². The normalized spacial score (nSPS) is 16.5. The number of anilines is 1. The van der Waals surface area contributed by atoms with Crippen LogP contribution >= 0.6 is 0 Å². The van der Waals surface area contributed by atoms with Crippen LogP contribution in [0.4, 0.5) is 10.1 Å². The number of hydrogen-bond donors (Lipinski definition) is 1. The molecule has 1 atom stereocenters. The van der Waals surface area contributed by atoms with Crippen molar-refractivity contribution in [2.75, 3.05) is 25.7 Å². The predicted molar refractivity (Wildman–Crippen MR) is 94.2 cm³/mol. The van der Waals surface area contributed by atoms with Gasteiger partial charge in [0.05, 0.1) is 25.8 Å². The van der Waals surface area contributed by atoms with Crippen LogP contribution in [0.15, 0.2) is 42.5 Å². The van der Waals surface area contributed by atoms with E-state index in [-0.39, 0.29) is 17.9 Å². The van der Waals surface area contributed by atoms with Crippen molar-refractivity contribution < 1.29 is 23.5 Å². The zero-order chi connectivity index (χ0) is 18.7. The minimum absolute atomic E-state index is 0.0375. The molecule has 0 aliphatic carbocycles. The Balaban J connectivity index is 1.73. The minimum Gasteiger partial charge on any atom is -0.493 e. The molecule has 136 valence electrons. The average Bonchev–Trinajstić information content (AvgIpc) is 3.01. The second kappa shape index (κ2) is 7.43. The maximum Gasteiger partial charge on any atom is 0.254 e. The molecule has 0 bridgehead atoms. The number of nitrogens with zero attached hydrogens (tertiary/aromatic N) is 1. The molecule has 1 unspecified atom stereocenters. The molecule has 7 heteroatoms. The van der Waals surface area contributed by atoms with Gasteiger partial charge >= 0.3 is 0 Å². The van der Waals surface area contributed by atoms with Crippen LogP contribution in [0.1, 0.15) is 16.8 Å². The summed E-state index contributed by atoms with van der Waals surface area (Å²) in [6, 6.07) is 10.5. The first-order chi connectivity index (χ1) is 12.5. The van der Waals surface area contributed by atoms with Crippen molar-refractivity contribution in [2.45, 2.75) is 12.5 Å². The first-order valence-electron chi connectivity index (χ1n) is 8.11. The largest absolute Gasteiger partial charge is 0.493 e. The SMILES string of the molecule is COc1ccc(N2CC(NC(=O)c3ccccc3F)CC2=O)cc1OC. The number of halogens is 1. The predicted octanol–water partition coefficient (Wildman–Crippen LogP) is 2.38. The molecular weight excluding hydrogens is 339 g/mol. The summed E-state index contributed by atoms with van der Waals surface area (Å²) in [4.78, 5) is 26.2. The highest BCUT2D eigenvalue weighted by Crippen LogP contribution is 2.33. The highest BCUT2D eigenvalue weighted by atomic mass is 19.1. The molecule has 1 fully saturated rings. The van der Waals surface area contributed by atoms with Crippen molar-refractivity contribution in [2.24, 2.45) is 0 Å². The Labute approximate surface area is 150 Å². The van der Waals surface area contributed by atoms with Crippen molar-refractivity contribution in [1.29, 1.82) is 0 Å². The molecule has 0 aromatic heterocycles. The van der Waals surface area contributed by atoms with Crippen molar-refractivity contribution in [3.8, 4) is 11.5 Å². The van der Waals surface area contributed by atoms with Gasteiger partial charge < -0.3 is 19.7 Å². The van der Waals surface area contributed by atoms with E-state index in [2.05, 4.69) is 5.32 Å². The molecule has 26 heavy (non-hydrogen) atoms. The zero-order valence-corrected chi connectivity index (χ0v) is 14.5. The molecule has 1 aliphatic rings. The lowest BCUT2D eigenvalue weighted by molar-refractivity contribution is -0.117. The number of benzene rings is 2. The fraction of sp³-hybridized carbons (Fsp3) is 0.263. The number of nitrogens with one attached hydrogen (secondary N) is 1. The highest BCUT2D eigenvalue weighted by Gasteiger charge is 2.32. The lowest BCUT2D eigenvalue weighted by atomic mass is 10.1. The highest BCUT2D eigenvalue weighted by molar-refractivity contribution is 5.99. The molecule has 1 N–H and O–H groups in total. The van der Waals surface area contributed by atoms with E-state index >= 15 is 0 Å². The molecule has 2 aromatic carbocycles. The molecule has 0 radical (unpaired) electrons. The Kier molecular flexibility index (Phi) is 5.06. The van der Waals surface area contributed by atoms with Crippen molar-refractivity contribution in [3.05, 3.63) is 53.8 Å². The van der Waals surface area contributed by atoms with E-state index in [4.69, 9.17) is 9.47 Å². The van der Waals surface area contributed by atoms with Crippen LogP contribution in [0.3, 0.4) is 0 Å². The zero-order valence-electron chi connectivity index (χ0n) is 14.5. The molecular formula is C19H19FN2O4. The Hall–Kier alpha value is -3.09. The van der Waals surface area contributed by atoms with E-state index in [1.54, 1.807) is 29.2 Å². The van der Waals surface area contributed by atoms with Gasteiger partial charge in [-0.1, -0.05) is 12.1 Å². The number of methoxy groups -OCH3 is 2. The molecule has 3 rings (SSSR count). The number of ether oxygens (including phenoxy) is 2. The van der Waals surface area contributed by atoms with Crippen LogP contribution in [0.5, 0.6) is 11.5 Å². The maximum absolute atomic E-state index is 13.7. The quantitative estimate of drug-likeness (QED) is 0.891. The summed E-state index contributed by atoms with van der Waals surface area (Å²) in [5, 5.41) is 2.72. The lowest BCUT2D eigenvalue weighted by Gasteiger charge is -2.19. The fourth-order valence-electron chi connectivity index (χ4n) is 2.96. The van der Waals surface area contributed by atoms with E-state index < -0.39 is 17.8 Å². The fourth-order valence-corrected chi connectivity index (χ4v) is 2.96. The third-order valence-corrected chi connectivity index (χ3v) is 4.26. The molecule has 1 saturated heterocycles. The second-order valence-electron chi connectivity index (χ2n) is 5.90. The number of amides is 2. The maximum atomic E-state index is 13.7. The van der Waals surface area contributed by atoms with E-state index in [1.165, 1.54) is 32.4 Å². The lowest BCUT2D eigenvalue weighted by Crippen LogP contribution is -2.37. The van der Waals surface area contributed by atoms with Gasteiger partial charge in [-0.2, -0.15) is 0 Å². The molecule has 0 saturated carbocycles. The topological polar surface area (TPSA) is 67.9 Å². The van der Waals surface area contributed by atoms with Crippen LogP contribution in [0, 0.1) is 5.82 Å². The van der Waals surface area contributed by atoms with Crippen molar-refractivity contribution in [1.82, 2.24) is 5.32 Å². The van der Waals surface area contributed by atoms with Crippen LogP contribution in [0.25, 0.3) is 0 Å². The third-order valence-electron chi connectivity index (χ3n) is 4.26. The minimum atomic E-state index is -0.592. The van der Waals surface area contributed by atoms with Crippen molar-refractivity contribution >= 4 is 17.5 Å². The van der Waals surface area contributed by atoms with E-state index in [0.29, 0.717) is 23.7 Å². The Morgan fingerprint density at radius 1 is 1.15 bits per heavy atom. The van der Waals surface area contributed by atoms with Gasteiger partial charge in [-0.3, -0.25) is 9.59 Å². The van der Waals surface area contributed by atoms with Gasteiger partial charge in [0.1, 0.15) is 5.82 Å². The van der Waals surface area contributed by atoms with Crippen LogP contribution in [0.2, 0.25) is 0 Å². The monoisotopic (exact) mass is 358 g/mol. The Morgan fingerprint density at radius 3 is 2.58 bits per heavy atom. The van der Waals surface area contributed by atoms with Crippen LogP contribution < -0.4 is 19.7 Å². The Morgan fingerprint density at radius 2 is 1.88 bits per heavy atom. The van der Waals surface area contributed by atoms with E-state index in [9.17, 15) is 14.0 Å². The van der Waals surface area contributed by atoms with Gasteiger partial charge in [0, 0.05) is 24.7 Å². The summed E-state index contributed by atoms with van der Waals surface area (Å²) in [5.74, 6) is -0.180. The van der Waals surface area contributed by atoms with E-state index in [1.807, 2.05) is 0 Å². The Bertz CT molecular complexity index is 840. The van der Waals surface area contributed by atoms with Crippen molar-refractivity contribution in [3.63, 3.8) is 0 Å². The van der Waals surface area contributed by atoms with Gasteiger partial charge in [-0.05, 0) is 24.3 Å². The average molecular weight is 358 g/mol. The third kappa shape index (κ3) is 3.46. The summed E-state index contributed by atoms with van der Waals surface area (Å²) >= 11 is 0. The number of carbonyl (C=O) groups excluding carboxylic acids is 2. The number of carbonyl (C=O) groups is 2. The van der Waals surface area contributed by atoms with E-state index in [0.717, 1.165) is 0 Å². The summed E-state index contributed by atoms with van der Waals surface area (Å²) < 4.78 is 24.2. The molecule has 6 nitrogen and oxygen atoms in total. The summed E-state index contributed by atoms with van der Waals surface area (Å²) in [5.41, 5.74) is 0.611. The van der Waals surface area contributed by atoms with Gasteiger partial charge in [0.15, 0.2) is 11.5 Å². The van der Waals surface area contributed by atoms with Gasteiger partial charge in [-0.15, -0.1) is 0 Å².